The lowest BCUT2D eigenvalue weighted by Crippen LogP contribution is -2.35. The number of ether oxygens (including phenoxy) is 2. The van der Waals surface area contributed by atoms with Gasteiger partial charge in [0.2, 0.25) is 0 Å². The Balaban J connectivity index is 1.90. The van der Waals surface area contributed by atoms with E-state index < -0.39 is 11.8 Å². The zero-order chi connectivity index (χ0) is 18.9. The second kappa shape index (κ2) is 6.93. The van der Waals surface area contributed by atoms with Crippen LogP contribution in [0.2, 0.25) is 5.02 Å². The van der Waals surface area contributed by atoms with E-state index in [0.717, 1.165) is 5.56 Å². The van der Waals surface area contributed by atoms with Gasteiger partial charge in [-0.25, -0.2) is 4.79 Å². The van der Waals surface area contributed by atoms with Gasteiger partial charge in [-0.3, -0.25) is 0 Å². The van der Waals surface area contributed by atoms with Crippen LogP contribution in [0.25, 0.3) is 0 Å². The van der Waals surface area contributed by atoms with Crippen molar-refractivity contribution in [1.29, 1.82) is 0 Å². The van der Waals surface area contributed by atoms with Crippen LogP contribution in [0.3, 0.4) is 0 Å². The molecule has 0 N–H and O–H groups in total. The van der Waals surface area contributed by atoms with Crippen molar-refractivity contribution in [2.75, 3.05) is 0 Å². The molecule has 1 aliphatic rings. The fraction of sp³-hybridized carbons (Fsp3) is 0.0870. The molecular weight excluding hydrogens is 360 g/mol. The zero-order valence-electron chi connectivity index (χ0n) is 14.5. The fourth-order valence-electron chi connectivity index (χ4n) is 3.29. The molecule has 1 atom stereocenters. The minimum Gasteiger partial charge on any atom is -0.444 e. The Hall–Kier alpha value is -3.04. The summed E-state index contributed by atoms with van der Waals surface area (Å²) < 4.78 is 12.3. The van der Waals surface area contributed by atoms with Gasteiger partial charge in [0, 0.05) is 10.6 Å². The van der Waals surface area contributed by atoms with Gasteiger partial charge in [0.1, 0.15) is 5.75 Å². The second-order valence-corrected chi connectivity index (χ2v) is 6.70. The molecule has 0 bridgehead atoms. The average Bonchev–Trinajstić information content (AvgIpc) is 2.97. The summed E-state index contributed by atoms with van der Waals surface area (Å²) in [6.45, 7) is 3.81. The predicted molar refractivity (Wildman–Crippen MR) is 105 cm³/mol. The molecule has 27 heavy (non-hydrogen) atoms. The Kier molecular flexibility index (Phi) is 4.46. The molecule has 1 aliphatic heterocycles. The number of benzene rings is 3. The Morgan fingerprint density at radius 2 is 1.70 bits per heavy atom. The van der Waals surface area contributed by atoms with Crippen LogP contribution >= 0.6 is 11.6 Å². The SMILES string of the molecule is C=CCc1ccccc1O[C@]1(c2ccc(Cl)cc2)OC(=O)c2ccccc21. The molecule has 0 aromatic heterocycles. The van der Waals surface area contributed by atoms with E-state index in [1.165, 1.54) is 0 Å². The zero-order valence-corrected chi connectivity index (χ0v) is 15.3. The van der Waals surface area contributed by atoms with Crippen molar-refractivity contribution in [3.8, 4) is 5.75 Å². The maximum atomic E-state index is 12.6. The first-order chi connectivity index (χ1) is 13.1. The highest BCUT2D eigenvalue weighted by atomic mass is 35.5. The van der Waals surface area contributed by atoms with Crippen molar-refractivity contribution in [3.05, 3.63) is 113 Å². The summed E-state index contributed by atoms with van der Waals surface area (Å²) in [5.74, 6) is -1.14. The van der Waals surface area contributed by atoms with E-state index in [-0.39, 0.29) is 0 Å². The molecule has 0 aliphatic carbocycles. The number of cyclic esters (lactones) is 1. The quantitative estimate of drug-likeness (QED) is 0.434. The second-order valence-electron chi connectivity index (χ2n) is 6.26. The van der Waals surface area contributed by atoms with Gasteiger partial charge in [-0.15, -0.1) is 6.58 Å². The highest BCUT2D eigenvalue weighted by Gasteiger charge is 2.49. The minimum absolute atomic E-state index is 0.415. The summed E-state index contributed by atoms with van der Waals surface area (Å²) in [5, 5.41) is 0.596. The third-order valence-electron chi connectivity index (χ3n) is 4.55. The summed E-state index contributed by atoms with van der Waals surface area (Å²) >= 11 is 6.06. The molecule has 0 spiro atoms. The highest BCUT2D eigenvalue weighted by Crippen LogP contribution is 2.44. The van der Waals surface area contributed by atoms with Crippen molar-refractivity contribution in [3.63, 3.8) is 0 Å². The maximum Gasteiger partial charge on any atom is 0.342 e. The Morgan fingerprint density at radius 1 is 1.00 bits per heavy atom. The fourth-order valence-corrected chi connectivity index (χ4v) is 3.42. The normalized spacial score (nSPS) is 17.9. The van der Waals surface area contributed by atoms with E-state index in [0.29, 0.717) is 33.9 Å². The lowest BCUT2D eigenvalue weighted by atomic mass is 9.95. The number of para-hydroxylation sites is 1. The van der Waals surface area contributed by atoms with Gasteiger partial charge in [0.15, 0.2) is 0 Å². The molecule has 0 radical (unpaired) electrons. The molecule has 134 valence electrons. The van der Waals surface area contributed by atoms with Crippen molar-refractivity contribution in [2.24, 2.45) is 0 Å². The Labute approximate surface area is 162 Å². The summed E-state index contributed by atoms with van der Waals surface area (Å²) in [6.07, 6.45) is 2.45. The smallest absolute Gasteiger partial charge is 0.342 e. The number of fused-ring (bicyclic) bond motifs is 1. The Bertz CT molecular complexity index is 1010. The number of rotatable bonds is 5. The molecule has 3 aromatic carbocycles. The van der Waals surface area contributed by atoms with Gasteiger partial charge in [0.05, 0.1) is 11.1 Å². The van der Waals surface area contributed by atoms with Crippen molar-refractivity contribution in [2.45, 2.75) is 12.2 Å². The van der Waals surface area contributed by atoms with Crippen LogP contribution < -0.4 is 4.74 Å². The first-order valence-electron chi connectivity index (χ1n) is 8.61. The minimum atomic E-state index is -1.37. The summed E-state index contributed by atoms with van der Waals surface area (Å²) in [5.41, 5.74) is 2.82. The number of carbonyl (C=O) groups is 1. The van der Waals surface area contributed by atoms with Gasteiger partial charge >= 0.3 is 11.8 Å². The van der Waals surface area contributed by atoms with E-state index in [4.69, 9.17) is 21.1 Å². The first-order valence-corrected chi connectivity index (χ1v) is 8.98. The molecule has 3 aromatic rings. The molecule has 1 heterocycles. The van der Waals surface area contributed by atoms with E-state index in [2.05, 4.69) is 6.58 Å². The molecule has 0 saturated heterocycles. The van der Waals surface area contributed by atoms with Gasteiger partial charge in [0.25, 0.3) is 0 Å². The number of allylic oxidation sites excluding steroid dienone is 1. The number of hydrogen-bond donors (Lipinski definition) is 0. The van der Waals surface area contributed by atoms with Gasteiger partial charge in [-0.05, 0) is 54.4 Å². The van der Waals surface area contributed by atoms with Crippen LogP contribution in [0, 0.1) is 0 Å². The lowest BCUT2D eigenvalue weighted by Gasteiger charge is -2.31. The monoisotopic (exact) mass is 376 g/mol. The third kappa shape index (κ3) is 3.00. The third-order valence-corrected chi connectivity index (χ3v) is 4.80. The average molecular weight is 377 g/mol. The van der Waals surface area contributed by atoms with Crippen molar-refractivity contribution >= 4 is 17.6 Å². The summed E-state index contributed by atoms with van der Waals surface area (Å²) in [6, 6.07) is 22.1. The van der Waals surface area contributed by atoms with E-state index in [9.17, 15) is 4.79 Å². The van der Waals surface area contributed by atoms with Gasteiger partial charge in [-0.1, -0.05) is 48.0 Å². The molecule has 0 fully saturated rings. The van der Waals surface area contributed by atoms with Crippen LogP contribution in [0.4, 0.5) is 0 Å². The predicted octanol–water partition coefficient (Wildman–Crippen LogP) is 5.52. The molecule has 0 unspecified atom stereocenters. The van der Waals surface area contributed by atoms with Crippen LogP contribution in [-0.2, 0) is 16.9 Å². The van der Waals surface area contributed by atoms with Gasteiger partial charge in [-0.2, -0.15) is 0 Å². The van der Waals surface area contributed by atoms with E-state index in [1.54, 1.807) is 18.2 Å². The number of esters is 1. The maximum absolute atomic E-state index is 12.6. The van der Waals surface area contributed by atoms with Gasteiger partial charge < -0.3 is 9.47 Å². The molecular formula is C23H17ClO3. The van der Waals surface area contributed by atoms with Crippen LogP contribution in [0.15, 0.2) is 85.5 Å². The lowest BCUT2D eigenvalue weighted by molar-refractivity contribution is -0.109. The Morgan fingerprint density at radius 3 is 2.48 bits per heavy atom. The molecule has 3 nitrogen and oxygen atoms in total. The first kappa shape index (κ1) is 17.4. The van der Waals surface area contributed by atoms with E-state index in [1.807, 2.05) is 60.7 Å². The molecule has 0 amide bonds. The van der Waals surface area contributed by atoms with Crippen molar-refractivity contribution in [1.82, 2.24) is 0 Å². The topological polar surface area (TPSA) is 35.5 Å². The van der Waals surface area contributed by atoms with Crippen molar-refractivity contribution < 1.29 is 14.3 Å². The molecule has 0 saturated carbocycles. The number of hydrogen-bond acceptors (Lipinski definition) is 3. The van der Waals surface area contributed by atoms with E-state index >= 15 is 0 Å². The highest BCUT2D eigenvalue weighted by molar-refractivity contribution is 6.30. The summed E-state index contributed by atoms with van der Waals surface area (Å²) in [7, 11) is 0. The van der Waals surface area contributed by atoms with Crippen LogP contribution in [0.5, 0.6) is 5.75 Å². The largest absolute Gasteiger partial charge is 0.444 e. The molecule has 4 heteroatoms. The number of halogens is 1. The standard InChI is InChI=1S/C23H17ClO3/c1-2-7-16-8-3-6-11-21(16)26-23(17-12-14-18(24)15-13-17)20-10-5-4-9-19(20)22(25)27-23/h2-6,8-15H,1,7H2/t23-/m1/s1. The number of carbonyl (C=O) groups excluding carboxylic acids is 1. The van der Waals surface area contributed by atoms with Crippen LogP contribution in [-0.4, -0.2) is 5.97 Å². The molecule has 4 rings (SSSR count). The summed E-state index contributed by atoms with van der Waals surface area (Å²) in [4.78, 5) is 12.6. The van der Waals surface area contributed by atoms with Crippen LogP contribution in [0.1, 0.15) is 27.0 Å².